The number of sulfone groups is 1. The van der Waals surface area contributed by atoms with Gasteiger partial charge in [0.2, 0.25) is 11.7 Å². The zero-order valence-electron chi connectivity index (χ0n) is 30.7. The average Bonchev–Trinajstić information content (AvgIpc) is 3.78. The van der Waals surface area contributed by atoms with E-state index in [2.05, 4.69) is 19.4 Å². The Labute approximate surface area is 327 Å². The number of aromatic nitrogens is 2. The van der Waals surface area contributed by atoms with E-state index < -0.39 is 60.6 Å². The summed E-state index contributed by atoms with van der Waals surface area (Å²) in [5, 5.41) is 24.1. The third-order valence-corrected chi connectivity index (χ3v) is 14.9. The number of carboxylic acid groups (broad SMARTS) is 2. The van der Waals surface area contributed by atoms with Crippen LogP contribution >= 0.6 is 23.1 Å². The van der Waals surface area contributed by atoms with Gasteiger partial charge in [-0.15, -0.1) is 15.7 Å². The van der Waals surface area contributed by atoms with Crippen molar-refractivity contribution in [1.29, 1.82) is 0 Å². The van der Waals surface area contributed by atoms with Gasteiger partial charge in [0.25, 0.3) is 15.9 Å². The van der Waals surface area contributed by atoms with Gasteiger partial charge in [0, 0.05) is 61.3 Å². The molecule has 1 fully saturated rings. The molecule has 2 aromatic rings. The predicted molar refractivity (Wildman–Crippen MR) is 200 cm³/mol. The van der Waals surface area contributed by atoms with Crippen molar-refractivity contribution in [1.82, 2.24) is 24.1 Å². The van der Waals surface area contributed by atoms with Gasteiger partial charge >= 0.3 is 17.9 Å². The molecular formula is C32H46N6O13S4. The lowest BCUT2D eigenvalue weighted by molar-refractivity contribution is -0.150. The molecule has 0 saturated carbocycles. The van der Waals surface area contributed by atoms with Crippen LogP contribution in [0.5, 0.6) is 5.88 Å². The first-order valence-corrected chi connectivity index (χ1v) is 22.0. The van der Waals surface area contributed by atoms with Crippen LogP contribution in [-0.2, 0) is 48.5 Å². The highest BCUT2D eigenvalue weighted by Gasteiger charge is 2.40. The molecule has 2 aliphatic rings. The fourth-order valence-electron chi connectivity index (χ4n) is 5.87. The minimum absolute atomic E-state index is 0.0495. The number of carboxylic acids is 2. The quantitative estimate of drug-likeness (QED) is 0.0932. The number of rotatable bonds is 20. The molecular weight excluding hydrogens is 805 g/mol. The molecule has 19 nitrogen and oxygen atoms in total. The molecule has 3 atom stereocenters. The number of hydrogen-bond acceptors (Lipinski definition) is 18. The lowest BCUT2D eigenvalue weighted by Crippen LogP contribution is -2.46. The van der Waals surface area contributed by atoms with Crippen molar-refractivity contribution < 1.29 is 60.4 Å². The highest BCUT2D eigenvalue weighted by molar-refractivity contribution is 7.95. The fourth-order valence-corrected chi connectivity index (χ4v) is 11.4. The molecule has 5 N–H and O–H groups in total. The number of fused-ring (bicyclic) bond motifs is 1. The Balaban J connectivity index is 1.37. The van der Waals surface area contributed by atoms with Crippen molar-refractivity contribution in [3.05, 3.63) is 23.3 Å². The predicted octanol–water partition coefficient (Wildman–Crippen LogP) is 1.47. The molecule has 1 saturated heterocycles. The van der Waals surface area contributed by atoms with Crippen LogP contribution in [0, 0.1) is 0 Å². The molecule has 0 aromatic carbocycles. The van der Waals surface area contributed by atoms with Crippen molar-refractivity contribution >= 4 is 72.6 Å². The monoisotopic (exact) mass is 850 g/mol. The number of amides is 1. The molecule has 306 valence electrons. The molecule has 0 bridgehead atoms. The number of sulfonamides is 1. The van der Waals surface area contributed by atoms with Crippen LogP contribution in [0.15, 0.2) is 26.1 Å². The van der Waals surface area contributed by atoms with Crippen LogP contribution in [-0.4, -0.2) is 123 Å². The molecule has 2 aromatic heterocycles. The van der Waals surface area contributed by atoms with E-state index in [9.17, 15) is 41.1 Å². The van der Waals surface area contributed by atoms with Gasteiger partial charge in [-0.3, -0.25) is 9.59 Å². The Morgan fingerprint density at radius 3 is 2.53 bits per heavy atom. The first-order chi connectivity index (χ1) is 25.8. The second-order valence-electron chi connectivity index (χ2n) is 13.6. The number of ether oxygens (including phenoxy) is 3. The second kappa shape index (κ2) is 18.9. The summed E-state index contributed by atoms with van der Waals surface area (Å²) < 4.78 is 79.3. The van der Waals surface area contributed by atoms with Gasteiger partial charge in [0.15, 0.2) is 9.84 Å². The van der Waals surface area contributed by atoms with Gasteiger partial charge in [-0.25, -0.2) is 31.1 Å². The van der Waals surface area contributed by atoms with Crippen LogP contribution in [0.1, 0.15) is 71.4 Å². The van der Waals surface area contributed by atoms with E-state index in [1.54, 1.807) is 20.8 Å². The molecule has 1 amide bonds. The van der Waals surface area contributed by atoms with Crippen molar-refractivity contribution in [3.8, 4) is 5.88 Å². The summed E-state index contributed by atoms with van der Waals surface area (Å²) >= 11 is 1.52. The van der Waals surface area contributed by atoms with E-state index >= 15 is 0 Å². The van der Waals surface area contributed by atoms with Gasteiger partial charge in [0.05, 0.1) is 30.2 Å². The van der Waals surface area contributed by atoms with Gasteiger partial charge in [-0.2, -0.15) is 4.37 Å². The van der Waals surface area contributed by atoms with Crippen molar-refractivity contribution in [2.24, 2.45) is 0 Å². The molecule has 0 radical (unpaired) electrons. The number of esters is 1. The van der Waals surface area contributed by atoms with E-state index in [0.29, 0.717) is 61.6 Å². The number of aliphatic carboxylic acids is 2. The Kier molecular flexibility index (Phi) is 15.1. The van der Waals surface area contributed by atoms with E-state index in [-0.39, 0.29) is 71.2 Å². The van der Waals surface area contributed by atoms with E-state index in [1.165, 1.54) is 6.07 Å². The van der Waals surface area contributed by atoms with E-state index in [0.717, 1.165) is 11.7 Å². The molecule has 4 heterocycles. The van der Waals surface area contributed by atoms with Crippen molar-refractivity contribution in [2.75, 3.05) is 50.9 Å². The number of carbonyl (C=O) groups excluding carboxylic acids is 2. The van der Waals surface area contributed by atoms with Crippen molar-refractivity contribution in [3.63, 3.8) is 0 Å². The molecule has 0 unspecified atom stereocenters. The number of hydrogen-bond donors (Lipinski definition) is 5. The van der Waals surface area contributed by atoms with Gasteiger partial charge in [-0.05, 0) is 52.6 Å². The molecule has 2 aliphatic heterocycles. The third kappa shape index (κ3) is 12.1. The van der Waals surface area contributed by atoms with Gasteiger partial charge in [0.1, 0.15) is 21.1 Å². The maximum Gasteiger partial charge on any atom is 0.331 e. The number of anilines is 1. The summed E-state index contributed by atoms with van der Waals surface area (Å²) in [6.45, 7) is 9.08. The summed E-state index contributed by atoms with van der Waals surface area (Å²) in [4.78, 5) is 50.5. The number of nitrogens with one attached hydrogen (secondary N) is 3. The largest absolute Gasteiger partial charge is 0.478 e. The van der Waals surface area contributed by atoms with Gasteiger partial charge < -0.3 is 40.0 Å². The topological polar surface area (TPSA) is 270 Å². The lowest BCUT2D eigenvalue weighted by atomic mass is 9.94. The van der Waals surface area contributed by atoms with Gasteiger partial charge in [-0.1, -0.05) is 6.92 Å². The fraction of sp³-hybridized carbons (Fsp3) is 0.625. The maximum atomic E-state index is 13.1. The highest BCUT2D eigenvalue weighted by atomic mass is 32.3. The highest BCUT2D eigenvalue weighted by Crippen LogP contribution is 2.42. The zero-order chi connectivity index (χ0) is 40.6. The molecule has 0 aliphatic carbocycles. The normalized spacial score (nSPS) is 19.3. The number of morpholine rings is 1. The van der Waals surface area contributed by atoms with E-state index in [4.69, 9.17) is 19.3 Å². The van der Waals surface area contributed by atoms with Crippen LogP contribution in [0.2, 0.25) is 0 Å². The molecule has 23 heteroatoms. The lowest BCUT2D eigenvalue weighted by Gasteiger charge is -2.29. The summed E-state index contributed by atoms with van der Waals surface area (Å²) in [6.07, 6.45) is -1.05. The Hall–Kier alpha value is -3.74. The average molecular weight is 851 g/mol. The maximum absolute atomic E-state index is 13.1. The summed E-state index contributed by atoms with van der Waals surface area (Å²) in [7, 11) is -8.17. The standard InChI is InChI=1S/C32H46N6O13S4/c1-5-33-23-13-19(2)54(45,46)31-22(23)15-27(52-31)55(47,48)37-24(39)7-6-8-26(42)51-21(17-34-32(3,4)16-20(30(43)44)14-25(40)41)18-50-29-28(35-53-36-29)38-9-11-49-12-10-38/h14-15,19,21,23,33-34H,5-13,16-18H2,1-4H3,(H,37,39)(H,40,41)(H,43,44)/b20-14-/t19-,21-,23-/m0/s1. The van der Waals surface area contributed by atoms with Crippen LogP contribution in [0.3, 0.4) is 0 Å². The molecule has 55 heavy (non-hydrogen) atoms. The smallest absolute Gasteiger partial charge is 0.331 e. The van der Waals surface area contributed by atoms with Crippen LogP contribution in [0.4, 0.5) is 5.82 Å². The minimum Gasteiger partial charge on any atom is -0.478 e. The molecule has 4 rings (SSSR count). The SMILES string of the molecule is CCN[C@H]1C[C@H](C)S(=O)(=O)c2sc(S(=O)(=O)NC(=O)CCCC(=O)O[C@@H](CNC(C)(C)C/C(=C/C(=O)O)C(=O)O)COc3nsnc3N3CCOCC3)cc21. The minimum atomic E-state index is -4.42. The second-order valence-corrected chi connectivity index (χ2v) is 19.6. The molecule has 0 spiro atoms. The van der Waals surface area contributed by atoms with Crippen molar-refractivity contribution in [2.45, 2.75) is 91.2 Å². The number of thiophene rings is 1. The Bertz CT molecular complexity index is 1960. The van der Waals surface area contributed by atoms with E-state index in [1.807, 2.05) is 16.5 Å². The Morgan fingerprint density at radius 1 is 1.16 bits per heavy atom. The first-order valence-electron chi connectivity index (χ1n) is 17.4. The first kappa shape index (κ1) is 44.0. The Morgan fingerprint density at radius 2 is 1.87 bits per heavy atom. The van der Waals surface area contributed by atoms with Crippen LogP contribution < -0.4 is 25.0 Å². The third-order valence-electron chi connectivity index (χ3n) is 8.65. The zero-order valence-corrected chi connectivity index (χ0v) is 34.0. The number of carbonyl (C=O) groups is 4. The number of nitrogens with zero attached hydrogens (tertiary/aromatic N) is 3. The summed E-state index contributed by atoms with van der Waals surface area (Å²) in [5.74, 6) is -3.77. The summed E-state index contributed by atoms with van der Waals surface area (Å²) in [5.41, 5.74) is -0.985. The summed E-state index contributed by atoms with van der Waals surface area (Å²) in [6, 6.07) is 0.912. The van der Waals surface area contributed by atoms with Crippen LogP contribution in [0.25, 0.3) is 0 Å².